The molecule has 0 radical (unpaired) electrons. The van der Waals surface area contributed by atoms with Gasteiger partial charge in [0.25, 0.3) is 5.91 Å². The number of rotatable bonds is 3. The van der Waals surface area contributed by atoms with Gasteiger partial charge in [-0.25, -0.2) is 4.39 Å². The van der Waals surface area contributed by atoms with Gasteiger partial charge < -0.3 is 5.32 Å². The van der Waals surface area contributed by atoms with E-state index in [2.05, 4.69) is 11.9 Å². The van der Waals surface area contributed by atoms with Crippen LogP contribution in [0.25, 0.3) is 0 Å². The van der Waals surface area contributed by atoms with E-state index < -0.39 is 17.3 Å². The first kappa shape index (κ1) is 12.7. The van der Waals surface area contributed by atoms with Crippen LogP contribution in [0.4, 0.5) is 4.39 Å². The largest absolute Gasteiger partial charge is 0.344 e. The molecule has 0 heterocycles. The molecule has 0 unspecified atom stereocenters. The highest BCUT2D eigenvalue weighted by Crippen LogP contribution is 2.18. The Labute approximate surface area is 99.1 Å². The van der Waals surface area contributed by atoms with Crippen LogP contribution in [-0.4, -0.2) is 11.4 Å². The summed E-state index contributed by atoms with van der Waals surface area (Å²) in [7, 11) is 0. The second-order valence-corrected chi connectivity index (χ2v) is 4.41. The third-order valence-corrected chi connectivity index (χ3v) is 2.45. The lowest BCUT2D eigenvalue weighted by atomic mass is 10.1. The monoisotopic (exact) mass is 241 g/mol. The van der Waals surface area contributed by atoms with Gasteiger partial charge in [0.2, 0.25) is 0 Å². The van der Waals surface area contributed by atoms with Gasteiger partial charge in [-0.15, -0.1) is 6.58 Å². The van der Waals surface area contributed by atoms with E-state index >= 15 is 0 Å². The molecule has 0 saturated heterocycles. The molecule has 0 aliphatic carbocycles. The Morgan fingerprint density at radius 1 is 1.56 bits per heavy atom. The first-order valence-corrected chi connectivity index (χ1v) is 5.15. The van der Waals surface area contributed by atoms with Crippen LogP contribution in [0.3, 0.4) is 0 Å². The highest BCUT2D eigenvalue weighted by atomic mass is 35.5. The van der Waals surface area contributed by atoms with Crippen LogP contribution >= 0.6 is 11.6 Å². The summed E-state index contributed by atoms with van der Waals surface area (Å²) in [4.78, 5) is 11.8. The zero-order valence-corrected chi connectivity index (χ0v) is 9.94. The molecular formula is C12H13ClFNO. The van der Waals surface area contributed by atoms with Crippen LogP contribution in [-0.2, 0) is 0 Å². The van der Waals surface area contributed by atoms with Crippen LogP contribution < -0.4 is 5.32 Å². The summed E-state index contributed by atoms with van der Waals surface area (Å²) in [6.07, 6.45) is 1.60. The van der Waals surface area contributed by atoms with Crippen molar-refractivity contribution in [1.82, 2.24) is 5.32 Å². The highest BCUT2D eigenvalue weighted by Gasteiger charge is 2.19. The number of benzene rings is 1. The zero-order chi connectivity index (χ0) is 12.3. The normalized spacial score (nSPS) is 11.0. The van der Waals surface area contributed by atoms with Gasteiger partial charge in [0.15, 0.2) is 0 Å². The minimum Gasteiger partial charge on any atom is -0.344 e. The van der Waals surface area contributed by atoms with E-state index in [-0.39, 0.29) is 10.6 Å². The minimum atomic E-state index is -0.563. The van der Waals surface area contributed by atoms with Crippen molar-refractivity contribution >= 4 is 17.5 Å². The van der Waals surface area contributed by atoms with Crippen molar-refractivity contribution in [2.24, 2.45) is 0 Å². The molecule has 1 N–H and O–H groups in total. The fourth-order valence-electron chi connectivity index (χ4n) is 1.08. The molecular weight excluding hydrogens is 229 g/mol. The fourth-order valence-corrected chi connectivity index (χ4v) is 1.29. The van der Waals surface area contributed by atoms with Gasteiger partial charge >= 0.3 is 0 Å². The molecule has 86 valence electrons. The fraction of sp³-hybridized carbons (Fsp3) is 0.250. The second kappa shape index (κ2) is 4.66. The average Bonchev–Trinajstić information content (AvgIpc) is 2.21. The highest BCUT2D eigenvalue weighted by molar-refractivity contribution is 6.33. The van der Waals surface area contributed by atoms with E-state index in [9.17, 15) is 9.18 Å². The first-order chi connectivity index (χ1) is 7.35. The Balaban J connectivity index is 2.97. The van der Waals surface area contributed by atoms with E-state index in [0.29, 0.717) is 0 Å². The lowest BCUT2D eigenvalue weighted by Gasteiger charge is -2.22. The first-order valence-electron chi connectivity index (χ1n) is 4.77. The van der Waals surface area contributed by atoms with Gasteiger partial charge in [-0.2, -0.15) is 0 Å². The molecule has 0 bridgehead atoms. The quantitative estimate of drug-likeness (QED) is 0.810. The summed E-state index contributed by atoms with van der Waals surface area (Å²) in [5, 5.41) is 2.90. The molecule has 16 heavy (non-hydrogen) atoms. The summed E-state index contributed by atoms with van der Waals surface area (Å²) in [6.45, 7) is 7.16. The Morgan fingerprint density at radius 2 is 2.19 bits per heavy atom. The van der Waals surface area contributed by atoms with Crippen LogP contribution in [0.2, 0.25) is 5.02 Å². The van der Waals surface area contributed by atoms with E-state index in [4.69, 9.17) is 11.6 Å². The van der Waals surface area contributed by atoms with Crippen LogP contribution in [0, 0.1) is 5.82 Å². The third-order valence-electron chi connectivity index (χ3n) is 2.12. The number of nitrogens with one attached hydrogen (secondary N) is 1. The van der Waals surface area contributed by atoms with Crippen molar-refractivity contribution < 1.29 is 9.18 Å². The summed E-state index contributed by atoms with van der Waals surface area (Å²) < 4.78 is 13.0. The van der Waals surface area contributed by atoms with Crippen molar-refractivity contribution in [1.29, 1.82) is 0 Å². The predicted octanol–water partition coefficient (Wildman–Crippen LogP) is 3.17. The molecule has 0 aromatic heterocycles. The van der Waals surface area contributed by atoms with Gasteiger partial charge in [0, 0.05) is 0 Å². The van der Waals surface area contributed by atoms with Crippen LogP contribution in [0.5, 0.6) is 0 Å². The van der Waals surface area contributed by atoms with Crippen LogP contribution in [0.15, 0.2) is 30.9 Å². The van der Waals surface area contributed by atoms with Gasteiger partial charge in [0.05, 0.1) is 16.1 Å². The molecule has 0 fully saturated rings. The topological polar surface area (TPSA) is 29.1 Å². The summed E-state index contributed by atoms with van der Waals surface area (Å²) >= 11 is 5.81. The van der Waals surface area contributed by atoms with Gasteiger partial charge in [0.1, 0.15) is 5.82 Å². The van der Waals surface area contributed by atoms with Crippen molar-refractivity contribution in [3.8, 4) is 0 Å². The van der Waals surface area contributed by atoms with Crippen molar-refractivity contribution in [2.75, 3.05) is 0 Å². The Bertz CT molecular complexity index is 429. The maximum absolute atomic E-state index is 13.0. The SMILES string of the molecule is C=CC(C)(C)NC(=O)c1cc(F)ccc1Cl. The van der Waals surface area contributed by atoms with Crippen molar-refractivity contribution in [3.05, 3.63) is 47.3 Å². The van der Waals surface area contributed by atoms with Crippen molar-refractivity contribution in [3.63, 3.8) is 0 Å². The Hall–Kier alpha value is -1.35. The Kier molecular flexibility index (Phi) is 3.70. The molecule has 1 rings (SSSR count). The zero-order valence-electron chi connectivity index (χ0n) is 9.18. The molecule has 2 nitrogen and oxygen atoms in total. The van der Waals surface area contributed by atoms with Crippen molar-refractivity contribution in [2.45, 2.75) is 19.4 Å². The summed E-state index contributed by atoms with van der Waals surface area (Å²) in [5.74, 6) is -0.916. The minimum absolute atomic E-state index is 0.122. The van der Waals surface area contributed by atoms with E-state index in [1.165, 1.54) is 12.1 Å². The molecule has 1 aromatic carbocycles. The van der Waals surface area contributed by atoms with E-state index in [0.717, 1.165) is 6.07 Å². The molecule has 0 spiro atoms. The molecule has 0 aliphatic heterocycles. The molecule has 1 aromatic rings. The lowest BCUT2D eigenvalue weighted by molar-refractivity contribution is 0.0927. The summed E-state index contributed by atoms with van der Waals surface area (Å²) in [5.41, 5.74) is -0.441. The number of halogens is 2. The lowest BCUT2D eigenvalue weighted by Crippen LogP contribution is -2.41. The van der Waals surface area contributed by atoms with E-state index in [1.807, 2.05) is 0 Å². The molecule has 0 saturated carbocycles. The third kappa shape index (κ3) is 3.07. The number of carbonyl (C=O) groups is 1. The van der Waals surface area contributed by atoms with Gasteiger partial charge in [-0.1, -0.05) is 17.7 Å². The number of hydrogen-bond donors (Lipinski definition) is 1. The smallest absolute Gasteiger partial charge is 0.253 e. The number of hydrogen-bond acceptors (Lipinski definition) is 1. The average molecular weight is 242 g/mol. The number of carbonyl (C=O) groups excluding carboxylic acids is 1. The van der Waals surface area contributed by atoms with Gasteiger partial charge in [-0.05, 0) is 32.0 Å². The summed E-state index contributed by atoms with van der Waals surface area (Å²) in [6, 6.07) is 3.67. The second-order valence-electron chi connectivity index (χ2n) is 4.00. The maximum Gasteiger partial charge on any atom is 0.253 e. The predicted molar refractivity (Wildman–Crippen MR) is 63.2 cm³/mol. The maximum atomic E-state index is 13.0. The molecule has 0 aliphatic rings. The molecule has 0 atom stereocenters. The van der Waals surface area contributed by atoms with Crippen LogP contribution in [0.1, 0.15) is 24.2 Å². The standard InChI is InChI=1S/C12H13ClFNO/c1-4-12(2,3)15-11(16)9-7-8(14)5-6-10(9)13/h4-7H,1H2,2-3H3,(H,15,16). The number of amides is 1. The van der Waals surface area contributed by atoms with E-state index in [1.54, 1.807) is 19.9 Å². The molecule has 4 heteroatoms. The van der Waals surface area contributed by atoms with Gasteiger partial charge in [-0.3, -0.25) is 4.79 Å². The Morgan fingerprint density at radius 3 is 2.75 bits per heavy atom. The molecule has 1 amide bonds.